The fourth-order valence-corrected chi connectivity index (χ4v) is 4.06. The third-order valence-electron chi connectivity index (χ3n) is 3.16. The molecule has 0 saturated heterocycles. The molecule has 0 saturated carbocycles. The van der Waals surface area contributed by atoms with Crippen molar-refractivity contribution in [3.05, 3.63) is 67.4 Å². The van der Waals surface area contributed by atoms with Crippen molar-refractivity contribution in [1.82, 2.24) is 5.32 Å². The summed E-state index contributed by atoms with van der Waals surface area (Å²) in [6, 6.07) is 7.92. The predicted octanol–water partition coefficient (Wildman–Crippen LogP) is 5.24. The standard InChI is InChI=1S/C15H14ClNOS2/c1-10-8-19-9-11(10)7-17-15(12-3-2-6-18-12)13-4-5-14(16)20-13/h2-6,8-9,15,17H,7H2,1H3. The van der Waals surface area contributed by atoms with E-state index < -0.39 is 0 Å². The zero-order valence-electron chi connectivity index (χ0n) is 10.9. The van der Waals surface area contributed by atoms with Crippen LogP contribution in [0.2, 0.25) is 4.34 Å². The molecule has 0 radical (unpaired) electrons. The van der Waals surface area contributed by atoms with Crippen molar-refractivity contribution in [3.8, 4) is 0 Å². The number of hydrogen-bond donors (Lipinski definition) is 1. The molecule has 2 nitrogen and oxygen atoms in total. The second-order valence-corrected chi connectivity index (χ2v) is 7.04. The Balaban J connectivity index is 1.81. The highest BCUT2D eigenvalue weighted by Gasteiger charge is 2.18. The minimum atomic E-state index is 0.0433. The van der Waals surface area contributed by atoms with E-state index in [1.807, 2.05) is 24.3 Å². The van der Waals surface area contributed by atoms with Gasteiger partial charge in [-0.15, -0.1) is 11.3 Å². The Labute approximate surface area is 131 Å². The van der Waals surface area contributed by atoms with Crippen LogP contribution in [0.25, 0.3) is 0 Å². The number of nitrogens with one attached hydrogen (secondary N) is 1. The monoisotopic (exact) mass is 323 g/mol. The number of aryl methyl sites for hydroxylation is 1. The molecular weight excluding hydrogens is 310 g/mol. The van der Waals surface area contributed by atoms with Gasteiger partial charge in [-0.1, -0.05) is 11.6 Å². The van der Waals surface area contributed by atoms with Crippen LogP contribution >= 0.6 is 34.3 Å². The summed E-state index contributed by atoms with van der Waals surface area (Å²) in [5.74, 6) is 0.913. The largest absolute Gasteiger partial charge is 0.467 e. The molecule has 3 heterocycles. The van der Waals surface area contributed by atoms with Gasteiger partial charge in [0.15, 0.2) is 0 Å². The molecule has 0 aliphatic carbocycles. The van der Waals surface area contributed by atoms with E-state index >= 15 is 0 Å². The Morgan fingerprint density at radius 3 is 2.80 bits per heavy atom. The summed E-state index contributed by atoms with van der Waals surface area (Å²) in [4.78, 5) is 1.16. The third kappa shape index (κ3) is 2.99. The average Bonchev–Trinajstić information content (AvgIpc) is 3.14. The zero-order chi connectivity index (χ0) is 13.9. The van der Waals surface area contributed by atoms with Crippen LogP contribution in [0, 0.1) is 6.92 Å². The van der Waals surface area contributed by atoms with Gasteiger partial charge in [0, 0.05) is 11.4 Å². The molecule has 20 heavy (non-hydrogen) atoms. The topological polar surface area (TPSA) is 25.2 Å². The van der Waals surface area contributed by atoms with Gasteiger partial charge in [0.05, 0.1) is 10.6 Å². The first-order chi connectivity index (χ1) is 9.74. The summed E-state index contributed by atoms with van der Waals surface area (Å²) >= 11 is 9.37. The van der Waals surface area contributed by atoms with Crippen LogP contribution in [0.1, 0.15) is 27.8 Å². The predicted molar refractivity (Wildman–Crippen MR) is 85.8 cm³/mol. The lowest BCUT2D eigenvalue weighted by Crippen LogP contribution is -2.20. The minimum Gasteiger partial charge on any atom is -0.467 e. The maximum atomic E-state index is 6.05. The van der Waals surface area contributed by atoms with Crippen LogP contribution in [-0.2, 0) is 6.54 Å². The van der Waals surface area contributed by atoms with E-state index in [1.54, 1.807) is 28.9 Å². The number of hydrogen-bond acceptors (Lipinski definition) is 4. The van der Waals surface area contributed by atoms with Gasteiger partial charge >= 0.3 is 0 Å². The quantitative estimate of drug-likeness (QED) is 0.694. The number of halogens is 1. The highest BCUT2D eigenvalue weighted by Crippen LogP contribution is 2.31. The van der Waals surface area contributed by atoms with Gasteiger partial charge in [-0.05, 0) is 53.1 Å². The highest BCUT2D eigenvalue weighted by molar-refractivity contribution is 7.16. The molecular formula is C15H14ClNOS2. The highest BCUT2D eigenvalue weighted by atomic mass is 35.5. The van der Waals surface area contributed by atoms with Gasteiger partial charge < -0.3 is 4.42 Å². The molecule has 0 amide bonds. The van der Waals surface area contributed by atoms with E-state index in [2.05, 4.69) is 23.0 Å². The normalized spacial score (nSPS) is 12.7. The second-order valence-electron chi connectivity index (χ2n) is 4.55. The molecule has 0 aromatic carbocycles. The van der Waals surface area contributed by atoms with Crippen molar-refractivity contribution in [2.24, 2.45) is 0 Å². The molecule has 0 aliphatic rings. The van der Waals surface area contributed by atoms with Crippen molar-refractivity contribution >= 4 is 34.3 Å². The van der Waals surface area contributed by atoms with Crippen LogP contribution in [0.15, 0.2) is 45.7 Å². The Hall–Kier alpha value is -1.07. The van der Waals surface area contributed by atoms with E-state index in [9.17, 15) is 0 Å². The van der Waals surface area contributed by atoms with Crippen molar-refractivity contribution < 1.29 is 4.42 Å². The van der Waals surface area contributed by atoms with Gasteiger partial charge in [0.2, 0.25) is 0 Å². The van der Waals surface area contributed by atoms with E-state index in [1.165, 1.54) is 11.1 Å². The van der Waals surface area contributed by atoms with Crippen molar-refractivity contribution in [3.63, 3.8) is 0 Å². The first kappa shape index (κ1) is 13.9. The van der Waals surface area contributed by atoms with Gasteiger partial charge in [0.25, 0.3) is 0 Å². The molecule has 1 atom stereocenters. The Kier molecular flexibility index (Phi) is 4.27. The molecule has 5 heteroatoms. The van der Waals surface area contributed by atoms with Crippen LogP contribution in [0.5, 0.6) is 0 Å². The first-order valence-corrected chi connectivity index (χ1v) is 8.41. The van der Waals surface area contributed by atoms with Gasteiger partial charge in [-0.3, -0.25) is 5.32 Å². The smallest absolute Gasteiger partial charge is 0.126 e. The lowest BCUT2D eigenvalue weighted by molar-refractivity contribution is 0.449. The summed E-state index contributed by atoms with van der Waals surface area (Å²) in [6.07, 6.45) is 1.70. The lowest BCUT2D eigenvalue weighted by Gasteiger charge is -2.15. The molecule has 3 aromatic rings. The van der Waals surface area contributed by atoms with Gasteiger partial charge in [0.1, 0.15) is 11.8 Å². The molecule has 0 fully saturated rings. The fraction of sp³-hybridized carbons (Fsp3) is 0.200. The van der Waals surface area contributed by atoms with E-state index in [0.717, 1.165) is 21.5 Å². The molecule has 0 aliphatic heterocycles. The molecule has 1 unspecified atom stereocenters. The number of rotatable bonds is 5. The molecule has 3 aromatic heterocycles. The number of thiophene rings is 2. The summed E-state index contributed by atoms with van der Waals surface area (Å²) in [5.41, 5.74) is 2.65. The SMILES string of the molecule is Cc1cscc1CNC(c1ccco1)c1ccc(Cl)s1. The van der Waals surface area contributed by atoms with Crippen LogP contribution in [0.3, 0.4) is 0 Å². The summed E-state index contributed by atoms with van der Waals surface area (Å²) in [7, 11) is 0. The lowest BCUT2D eigenvalue weighted by atomic mass is 10.1. The molecule has 0 spiro atoms. The zero-order valence-corrected chi connectivity index (χ0v) is 13.3. The van der Waals surface area contributed by atoms with E-state index in [0.29, 0.717) is 0 Å². The van der Waals surface area contributed by atoms with Crippen LogP contribution in [0.4, 0.5) is 0 Å². The summed E-state index contributed by atoms with van der Waals surface area (Å²) in [5, 5.41) is 7.91. The summed E-state index contributed by atoms with van der Waals surface area (Å²) < 4.78 is 6.36. The van der Waals surface area contributed by atoms with Crippen LogP contribution < -0.4 is 5.32 Å². The molecule has 104 valence electrons. The maximum Gasteiger partial charge on any atom is 0.126 e. The fourth-order valence-electron chi connectivity index (χ4n) is 2.06. The summed E-state index contributed by atoms with van der Waals surface area (Å²) in [6.45, 7) is 2.95. The van der Waals surface area contributed by atoms with E-state index in [4.69, 9.17) is 16.0 Å². The maximum absolute atomic E-state index is 6.05. The minimum absolute atomic E-state index is 0.0433. The molecule has 0 bridgehead atoms. The Morgan fingerprint density at radius 1 is 1.30 bits per heavy atom. The van der Waals surface area contributed by atoms with Gasteiger partial charge in [-0.25, -0.2) is 0 Å². The number of furan rings is 1. The average molecular weight is 324 g/mol. The Morgan fingerprint density at radius 2 is 2.20 bits per heavy atom. The molecule has 3 rings (SSSR count). The third-order valence-corrected chi connectivity index (χ3v) is 5.37. The van der Waals surface area contributed by atoms with Gasteiger partial charge in [-0.2, -0.15) is 11.3 Å². The Bertz CT molecular complexity index is 672. The van der Waals surface area contributed by atoms with Crippen molar-refractivity contribution in [2.45, 2.75) is 19.5 Å². The molecule has 1 N–H and O–H groups in total. The van der Waals surface area contributed by atoms with E-state index in [-0.39, 0.29) is 6.04 Å². The van der Waals surface area contributed by atoms with Crippen molar-refractivity contribution in [2.75, 3.05) is 0 Å². The second kappa shape index (κ2) is 6.14. The van der Waals surface area contributed by atoms with Crippen LogP contribution in [-0.4, -0.2) is 0 Å². The van der Waals surface area contributed by atoms with Crippen molar-refractivity contribution in [1.29, 1.82) is 0 Å². The first-order valence-electron chi connectivity index (χ1n) is 6.27.